The van der Waals surface area contributed by atoms with Gasteiger partial charge in [0.2, 0.25) is 0 Å². The van der Waals surface area contributed by atoms with Crippen LogP contribution in [0.1, 0.15) is 118 Å². The maximum absolute atomic E-state index is 2.53. The van der Waals surface area contributed by atoms with Gasteiger partial charge in [0.05, 0.1) is 0 Å². The molecule has 0 radical (unpaired) electrons. The van der Waals surface area contributed by atoms with Crippen LogP contribution in [-0.4, -0.2) is 0 Å². The minimum absolute atomic E-state index is 0.616. The molecule has 0 aromatic rings. The van der Waals surface area contributed by atoms with E-state index in [2.05, 4.69) is 34.6 Å². The van der Waals surface area contributed by atoms with E-state index in [4.69, 9.17) is 0 Å². The second kappa shape index (κ2) is 12.7. The molecule has 0 rings (SSSR count). The normalized spacial score (nSPS) is 16.1. The van der Waals surface area contributed by atoms with Crippen molar-refractivity contribution < 1.29 is 0 Å². The van der Waals surface area contributed by atoms with Crippen LogP contribution in [-0.2, 0) is 0 Å². The number of rotatable bonds is 14. The van der Waals surface area contributed by atoms with Crippen LogP contribution >= 0.6 is 0 Å². The monoisotopic (exact) mass is 282 g/mol. The van der Waals surface area contributed by atoms with Crippen LogP contribution < -0.4 is 0 Å². The molecule has 0 aromatic carbocycles. The van der Waals surface area contributed by atoms with Gasteiger partial charge in [-0.2, -0.15) is 0 Å². The van der Waals surface area contributed by atoms with E-state index in [0.717, 1.165) is 5.92 Å². The second-order valence-electron chi connectivity index (χ2n) is 7.47. The summed E-state index contributed by atoms with van der Waals surface area (Å²) >= 11 is 0. The smallest absolute Gasteiger partial charge is 0.0328 e. The van der Waals surface area contributed by atoms with Crippen LogP contribution in [0.3, 0.4) is 0 Å². The summed E-state index contributed by atoms with van der Waals surface area (Å²) in [4.78, 5) is 0. The molecule has 0 N–H and O–H groups in total. The van der Waals surface area contributed by atoms with Gasteiger partial charge in [0.25, 0.3) is 0 Å². The molecule has 0 aliphatic heterocycles. The molecule has 0 heterocycles. The predicted molar refractivity (Wildman–Crippen MR) is 94.3 cm³/mol. The predicted octanol–water partition coefficient (Wildman–Crippen LogP) is 7.76. The van der Waals surface area contributed by atoms with Crippen molar-refractivity contribution in [1.29, 1.82) is 0 Å². The van der Waals surface area contributed by atoms with Gasteiger partial charge in [-0.1, -0.05) is 105 Å². The van der Waals surface area contributed by atoms with Gasteiger partial charge in [-0.3, -0.25) is 0 Å². The summed E-state index contributed by atoms with van der Waals surface area (Å²) in [5, 5.41) is 0. The molecule has 0 bridgehead atoms. The van der Waals surface area contributed by atoms with E-state index in [1.165, 1.54) is 83.5 Å². The fourth-order valence-corrected chi connectivity index (χ4v) is 3.12. The first-order valence-corrected chi connectivity index (χ1v) is 9.58. The lowest BCUT2D eigenvalue weighted by molar-refractivity contribution is 0.226. The number of hydrogen-bond donors (Lipinski definition) is 0. The van der Waals surface area contributed by atoms with Crippen molar-refractivity contribution in [3.63, 3.8) is 0 Å². The van der Waals surface area contributed by atoms with Crippen molar-refractivity contribution in [2.75, 3.05) is 0 Å². The minimum atomic E-state index is 0.616. The molecule has 0 spiro atoms. The van der Waals surface area contributed by atoms with Crippen molar-refractivity contribution in [3.05, 3.63) is 0 Å². The summed E-state index contributed by atoms with van der Waals surface area (Å²) in [6, 6.07) is 0. The molecule has 0 saturated heterocycles. The molecule has 0 aliphatic carbocycles. The second-order valence-corrected chi connectivity index (χ2v) is 7.47. The summed E-state index contributed by atoms with van der Waals surface area (Å²) in [7, 11) is 0. The average Bonchev–Trinajstić information content (AvgIpc) is 2.46. The zero-order chi connectivity index (χ0) is 15.3. The van der Waals surface area contributed by atoms with Gasteiger partial charge in [-0.05, 0) is 24.2 Å². The lowest BCUT2D eigenvalue weighted by Gasteiger charge is -2.30. The summed E-state index contributed by atoms with van der Waals surface area (Å²) in [6.45, 7) is 12.0. The molecular formula is C20H42. The highest BCUT2D eigenvalue weighted by atomic mass is 14.3. The summed E-state index contributed by atoms with van der Waals surface area (Å²) in [5.74, 6) is 0.938. The van der Waals surface area contributed by atoms with E-state index in [0.29, 0.717) is 5.41 Å². The van der Waals surface area contributed by atoms with E-state index in [1.807, 2.05) is 0 Å². The Bertz CT molecular complexity index is 196. The maximum Gasteiger partial charge on any atom is -0.0328 e. The zero-order valence-corrected chi connectivity index (χ0v) is 15.3. The largest absolute Gasteiger partial charge is 0.0654 e. The van der Waals surface area contributed by atoms with E-state index < -0.39 is 0 Å². The molecule has 122 valence electrons. The molecule has 2 atom stereocenters. The minimum Gasteiger partial charge on any atom is -0.0654 e. The van der Waals surface area contributed by atoms with Crippen LogP contribution in [0.25, 0.3) is 0 Å². The Morgan fingerprint density at radius 3 is 1.85 bits per heavy atom. The van der Waals surface area contributed by atoms with Gasteiger partial charge >= 0.3 is 0 Å². The lowest BCUT2D eigenvalue weighted by Crippen LogP contribution is -2.16. The van der Waals surface area contributed by atoms with Crippen LogP contribution in [0, 0.1) is 11.3 Å². The maximum atomic E-state index is 2.53. The van der Waals surface area contributed by atoms with E-state index in [1.54, 1.807) is 0 Å². The fourth-order valence-electron chi connectivity index (χ4n) is 3.12. The van der Waals surface area contributed by atoms with Crippen LogP contribution in [0.5, 0.6) is 0 Å². The molecule has 0 amide bonds. The van der Waals surface area contributed by atoms with Crippen molar-refractivity contribution >= 4 is 0 Å². The first-order valence-electron chi connectivity index (χ1n) is 9.58. The van der Waals surface area contributed by atoms with E-state index >= 15 is 0 Å². The first kappa shape index (κ1) is 20.0. The van der Waals surface area contributed by atoms with Crippen molar-refractivity contribution in [3.8, 4) is 0 Å². The van der Waals surface area contributed by atoms with Crippen molar-refractivity contribution in [2.24, 2.45) is 11.3 Å². The third kappa shape index (κ3) is 10.7. The molecule has 0 heteroatoms. The van der Waals surface area contributed by atoms with Gasteiger partial charge in [0, 0.05) is 0 Å². The molecule has 0 nitrogen and oxygen atoms in total. The Hall–Kier alpha value is 0. The molecule has 0 fully saturated rings. The molecule has 0 saturated carbocycles. The Morgan fingerprint density at radius 1 is 0.700 bits per heavy atom. The third-order valence-electron chi connectivity index (χ3n) is 5.28. The van der Waals surface area contributed by atoms with Gasteiger partial charge < -0.3 is 0 Å². The molecule has 0 aliphatic rings. The third-order valence-corrected chi connectivity index (χ3v) is 5.28. The first-order chi connectivity index (χ1) is 9.58. The van der Waals surface area contributed by atoms with Gasteiger partial charge in [0.1, 0.15) is 0 Å². The molecule has 2 unspecified atom stereocenters. The van der Waals surface area contributed by atoms with Gasteiger partial charge in [0.15, 0.2) is 0 Å². The Morgan fingerprint density at radius 2 is 1.30 bits per heavy atom. The van der Waals surface area contributed by atoms with Gasteiger partial charge in [-0.15, -0.1) is 0 Å². The van der Waals surface area contributed by atoms with Crippen LogP contribution in [0.15, 0.2) is 0 Å². The zero-order valence-electron chi connectivity index (χ0n) is 15.3. The van der Waals surface area contributed by atoms with Gasteiger partial charge in [-0.25, -0.2) is 0 Å². The van der Waals surface area contributed by atoms with Crippen molar-refractivity contribution in [1.82, 2.24) is 0 Å². The van der Waals surface area contributed by atoms with E-state index in [-0.39, 0.29) is 0 Å². The highest BCUT2D eigenvalue weighted by Crippen LogP contribution is 2.35. The quantitative estimate of drug-likeness (QED) is 0.285. The van der Waals surface area contributed by atoms with Crippen LogP contribution in [0.2, 0.25) is 0 Å². The summed E-state index contributed by atoms with van der Waals surface area (Å²) in [6.07, 6.45) is 18.5. The lowest BCUT2D eigenvalue weighted by atomic mass is 9.76. The van der Waals surface area contributed by atoms with E-state index in [9.17, 15) is 0 Å². The Kier molecular flexibility index (Phi) is 12.7. The fraction of sp³-hybridized carbons (Fsp3) is 1.00. The Labute approximate surface area is 130 Å². The molecule has 0 aromatic heterocycles. The SMILES string of the molecule is CCCCCCC(C)CCC(C)(CC)CCCCCC. The standard InChI is InChI=1S/C20H42/c1-6-9-11-13-15-19(4)16-18-20(5,8-3)17-14-12-10-7-2/h19H,6-18H2,1-5H3. The highest BCUT2D eigenvalue weighted by Gasteiger charge is 2.22. The summed E-state index contributed by atoms with van der Waals surface area (Å²) < 4.78 is 0. The molecule has 20 heavy (non-hydrogen) atoms. The van der Waals surface area contributed by atoms with Crippen LogP contribution in [0.4, 0.5) is 0 Å². The topological polar surface area (TPSA) is 0 Å². The average molecular weight is 283 g/mol. The number of unbranched alkanes of at least 4 members (excludes halogenated alkanes) is 6. The highest BCUT2D eigenvalue weighted by molar-refractivity contribution is 4.74. The summed E-state index contributed by atoms with van der Waals surface area (Å²) in [5.41, 5.74) is 0.616. The molecular weight excluding hydrogens is 240 g/mol. The Balaban J connectivity index is 3.79. The van der Waals surface area contributed by atoms with Crippen molar-refractivity contribution in [2.45, 2.75) is 118 Å². The number of hydrogen-bond acceptors (Lipinski definition) is 0.